The van der Waals surface area contributed by atoms with Crippen molar-refractivity contribution in [3.63, 3.8) is 0 Å². The van der Waals surface area contributed by atoms with Crippen LogP contribution in [-0.4, -0.2) is 24.1 Å². The Morgan fingerprint density at radius 2 is 1.85 bits per heavy atom. The zero-order valence-electron chi connectivity index (χ0n) is 12.0. The molecule has 0 saturated carbocycles. The van der Waals surface area contributed by atoms with Crippen LogP contribution in [0.25, 0.3) is 0 Å². The van der Waals surface area contributed by atoms with Gasteiger partial charge in [0.05, 0.1) is 0 Å². The van der Waals surface area contributed by atoms with Gasteiger partial charge in [0.25, 0.3) is 5.91 Å². The Balaban J connectivity index is 2.60. The Morgan fingerprint density at radius 3 is 2.35 bits per heavy atom. The van der Waals surface area contributed by atoms with E-state index in [9.17, 15) is 9.59 Å². The number of rotatable bonds is 4. The molecule has 0 aliphatic carbocycles. The Labute approximate surface area is 119 Å². The number of ether oxygens (including phenoxy) is 1. The number of anilines is 1. The highest BCUT2D eigenvalue weighted by molar-refractivity contribution is 5.95. The first-order chi connectivity index (χ1) is 9.31. The summed E-state index contributed by atoms with van der Waals surface area (Å²) in [5, 5.41) is 5.27. The van der Waals surface area contributed by atoms with Gasteiger partial charge in [0.2, 0.25) is 0 Å². The van der Waals surface area contributed by atoms with Crippen LogP contribution in [0.15, 0.2) is 36.9 Å². The number of hydrogen-bond acceptors (Lipinski definition) is 3. The maximum absolute atomic E-state index is 11.7. The molecule has 5 nitrogen and oxygen atoms in total. The summed E-state index contributed by atoms with van der Waals surface area (Å²) in [7, 11) is 0. The fraction of sp³-hybridized carbons (Fsp3) is 0.333. The van der Waals surface area contributed by atoms with Crippen molar-refractivity contribution in [2.45, 2.75) is 26.4 Å². The van der Waals surface area contributed by atoms with Gasteiger partial charge in [0.15, 0.2) is 0 Å². The summed E-state index contributed by atoms with van der Waals surface area (Å²) in [4.78, 5) is 23.2. The van der Waals surface area contributed by atoms with Crippen molar-refractivity contribution >= 4 is 17.7 Å². The van der Waals surface area contributed by atoms with Crippen LogP contribution < -0.4 is 10.6 Å². The van der Waals surface area contributed by atoms with Crippen LogP contribution in [0.2, 0.25) is 0 Å². The molecule has 1 aromatic carbocycles. The number of amides is 2. The molecule has 1 rings (SSSR count). The van der Waals surface area contributed by atoms with Gasteiger partial charge in [-0.2, -0.15) is 0 Å². The second-order valence-electron chi connectivity index (χ2n) is 5.20. The monoisotopic (exact) mass is 276 g/mol. The number of benzene rings is 1. The van der Waals surface area contributed by atoms with E-state index < -0.39 is 11.7 Å². The standard InChI is InChI=1S/C15H20N2O3/c1-5-10-16-13(18)11-6-8-12(9-7-11)17-14(19)20-15(2,3)4/h5-9H,1,10H2,2-4H3,(H,16,18)(H,17,19). The smallest absolute Gasteiger partial charge is 0.412 e. The molecule has 2 amide bonds. The maximum atomic E-state index is 11.7. The van der Waals surface area contributed by atoms with Crippen molar-refractivity contribution in [1.82, 2.24) is 5.32 Å². The molecule has 0 saturated heterocycles. The molecular formula is C15H20N2O3. The highest BCUT2D eigenvalue weighted by Crippen LogP contribution is 2.12. The fourth-order valence-electron chi connectivity index (χ4n) is 1.39. The molecule has 5 heteroatoms. The third-order valence-corrected chi connectivity index (χ3v) is 2.20. The van der Waals surface area contributed by atoms with Crippen molar-refractivity contribution < 1.29 is 14.3 Å². The SMILES string of the molecule is C=CCNC(=O)c1ccc(NC(=O)OC(C)(C)C)cc1. The first-order valence-electron chi connectivity index (χ1n) is 6.31. The van der Waals surface area contributed by atoms with Crippen LogP contribution in [0.5, 0.6) is 0 Å². The number of carbonyl (C=O) groups is 2. The van der Waals surface area contributed by atoms with Crippen molar-refractivity contribution in [2.24, 2.45) is 0 Å². The van der Waals surface area contributed by atoms with E-state index in [-0.39, 0.29) is 5.91 Å². The number of carbonyl (C=O) groups excluding carboxylic acids is 2. The van der Waals surface area contributed by atoms with E-state index in [1.54, 1.807) is 51.1 Å². The van der Waals surface area contributed by atoms with E-state index >= 15 is 0 Å². The molecule has 2 N–H and O–H groups in total. The molecule has 0 aliphatic heterocycles. The van der Waals surface area contributed by atoms with E-state index in [1.165, 1.54) is 0 Å². The van der Waals surface area contributed by atoms with Gasteiger partial charge in [0, 0.05) is 17.8 Å². The second kappa shape index (κ2) is 6.75. The Kier molecular flexibility index (Phi) is 5.32. The van der Waals surface area contributed by atoms with Gasteiger partial charge in [-0.3, -0.25) is 10.1 Å². The lowest BCUT2D eigenvalue weighted by molar-refractivity contribution is 0.0636. The molecule has 0 radical (unpaired) electrons. The molecular weight excluding hydrogens is 256 g/mol. The number of hydrogen-bond donors (Lipinski definition) is 2. The molecule has 0 bridgehead atoms. The van der Waals surface area contributed by atoms with Crippen molar-refractivity contribution in [2.75, 3.05) is 11.9 Å². The fourth-order valence-corrected chi connectivity index (χ4v) is 1.39. The first-order valence-corrected chi connectivity index (χ1v) is 6.31. The highest BCUT2D eigenvalue weighted by Gasteiger charge is 2.16. The molecule has 108 valence electrons. The summed E-state index contributed by atoms with van der Waals surface area (Å²) in [5.41, 5.74) is 0.537. The van der Waals surface area contributed by atoms with Gasteiger partial charge >= 0.3 is 6.09 Å². The van der Waals surface area contributed by atoms with Gasteiger partial charge in [0.1, 0.15) is 5.60 Å². The minimum atomic E-state index is -0.547. The lowest BCUT2D eigenvalue weighted by atomic mass is 10.2. The predicted molar refractivity (Wildman–Crippen MR) is 78.8 cm³/mol. The largest absolute Gasteiger partial charge is 0.444 e. The van der Waals surface area contributed by atoms with E-state index in [2.05, 4.69) is 17.2 Å². The maximum Gasteiger partial charge on any atom is 0.412 e. The summed E-state index contributed by atoms with van der Waals surface area (Å²) in [5.74, 6) is -0.186. The zero-order valence-corrected chi connectivity index (χ0v) is 12.0. The summed E-state index contributed by atoms with van der Waals surface area (Å²) in [6.45, 7) is 9.31. The van der Waals surface area contributed by atoms with Crippen molar-refractivity contribution in [3.8, 4) is 0 Å². The van der Waals surface area contributed by atoms with Crippen LogP contribution in [0.4, 0.5) is 10.5 Å². The molecule has 0 fully saturated rings. The highest BCUT2D eigenvalue weighted by atomic mass is 16.6. The van der Waals surface area contributed by atoms with E-state index in [0.717, 1.165) is 0 Å². The topological polar surface area (TPSA) is 67.4 Å². The summed E-state index contributed by atoms with van der Waals surface area (Å²) >= 11 is 0. The normalized spacial score (nSPS) is 10.6. The zero-order chi connectivity index (χ0) is 15.2. The summed E-state index contributed by atoms with van der Waals surface area (Å²) < 4.78 is 5.13. The predicted octanol–water partition coefficient (Wildman–Crippen LogP) is 2.95. The first kappa shape index (κ1) is 15.8. The van der Waals surface area contributed by atoms with Gasteiger partial charge in [-0.15, -0.1) is 6.58 Å². The van der Waals surface area contributed by atoms with Crippen LogP contribution in [0.1, 0.15) is 31.1 Å². The van der Waals surface area contributed by atoms with Gasteiger partial charge < -0.3 is 10.1 Å². The quantitative estimate of drug-likeness (QED) is 0.831. The molecule has 0 spiro atoms. The van der Waals surface area contributed by atoms with Gasteiger partial charge in [-0.05, 0) is 45.0 Å². The molecule has 0 aromatic heterocycles. The molecule has 0 aliphatic rings. The van der Waals surface area contributed by atoms with Crippen LogP contribution in [0, 0.1) is 0 Å². The van der Waals surface area contributed by atoms with E-state index in [0.29, 0.717) is 17.8 Å². The van der Waals surface area contributed by atoms with E-state index in [1.807, 2.05) is 0 Å². The summed E-state index contributed by atoms with van der Waals surface area (Å²) in [6, 6.07) is 6.55. The van der Waals surface area contributed by atoms with Crippen molar-refractivity contribution in [1.29, 1.82) is 0 Å². The molecule has 20 heavy (non-hydrogen) atoms. The Morgan fingerprint density at radius 1 is 1.25 bits per heavy atom. The van der Waals surface area contributed by atoms with Crippen molar-refractivity contribution in [3.05, 3.63) is 42.5 Å². The minimum Gasteiger partial charge on any atom is -0.444 e. The third kappa shape index (κ3) is 5.56. The minimum absolute atomic E-state index is 0.186. The summed E-state index contributed by atoms with van der Waals surface area (Å²) in [6.07, 6.45) is 1.08. The van der Waals surface area contributed by atoms with Gasteiger partial charge in [-0.25, -0.2) is 4.79 Å². The lowest BCUT2D eigenvalue weighted by Gasteiger charge is -2.19. The number of nitrogens with one attached hydrogen (secondary N) is 2. The van der Waals surface area contributed by atoms with Gasteiger partial charge in [-0.1, -0.05) is 6.08 Å². The Bertz CT molecular complexity index is 487. The molecule has 1 aromatic rings. The lowest BCUT2D eigenvalue weighted by Crippen LogP contribution is -2.27. The molecule has 0 unspecified atom stereocenters. The third-order valence-electron chi connectivity index (χ3n) is 2.20. The Hall–Kier alpha value is -2.30. The molecule has 0 atom stereocenters. The van der Waals surface area contributed by atoms with E-state index in [4.69, 9.17) is 4.74 Å². The van der Waals surface area contributed by atoms with Crippen LogP contribution in [-0.2, 0) is 4.74 Å². The molecule has 0 heterocycles. The van der Waals surface area contributed by atoms with Crippen LogP contribution >= 0.6 is 0 Å². The average molecular weight is 276 g/mol. The average Bonchev–Trinajstić information content (AvgIpc) is 2.34. The second-order valence-corrected chi connectivity index (χ2v) is 5.20. The van der Waals surface area contributed by atoms with Crippen LogP contribution in [0.3, 0.4) is 0 Å².